The minimum atomic E-state index is -0.756. The molecule has 17 heavy (non-hydrogen) atoms. The van der Waals surface area contributed by atoms with E-state index in [0.29, 0.717) is 19.0 Å². The van der Waals surface area contributed by atoms with E-state index in [1.165, 1.54) is 0 Å². The molecule has 2 atom stereocenters. The van der Waals surface area contributed by atoms with Crippen LogP contribution in [0.2, 0.25) is 0 Å². The highest BCUT2D eigenvalue weighted by atomic mass is 16.5. The highest BCUT2D eigenvalue weighted by Crippen LogP contribution is 2.11. The van der Waals surface area contributed by atoms with Crippen LogP contribution in [-0.2, 0) is 9.53 Å². The Morgan fingerprint density at radius 2 is 2.35 bits per heavy atom. The van der Waals surface area contributed by atoms with Gasteiger partial charge in [0.05, 0.1) is 13.2 Å². The van der Waals surface area contributed by atoms with Crippen LogP contribution in [-0.4, -0.2) is 60.9 Å². The number of aliphatic carboxylic acids is 1. The molecule has 0 amide bonds. The summed E-state index contributed by atoms with van der Waals surface area (Å²) >= 11 is 0. The molecule has 1 saturated heterocycles. The number of ether oxygens (including phenoxy) is 1. The first-order valence-corrected chi connectivity index (χ1v) is 6.47. The van der Waals surface area contributed by atoms with Crippen molar-refractivity contribution in [1.29, 1.82) is 0 Å². The van der Waals surface area contributed by atoms with Crippen LogP contribution in [0.3, 0.4) is 0 Å². The SMILES string of the molecule is CCNC(CCN1CCOCC1CC)C(=O)O. The van der Waals surface area contributed by atoms with Crippen LogP contribution in [0.1, 0.15) is 26.7 Å². The van der Waals surface area contributed by atoms with Gasteiger partial charge in [0.1, 0.15) is 6.04 Å². The third-order valence-electron chi connectivity index (χ3n) is 3.27. The van der Waals surface area contributed by atoms with Crippen molar-refractivity contribution in [2.24, 2.45) is 0 Å². The predicted molar refractivity (Wildman–Crippen MR) is 66.2 cm³/mol. The number of nitrogens with zero attached hydrogens (tertiary/aromatic N) is 1. The standard InChI is InChI=1S/C12H24N2O3/c1-3-10-9-17-8-7-14(10)6-5-11(12(15)16)13-4-2/h10-11,13H,3-9H2,1-2H3,(H,15,16). The molecule has 1 heterocycles. The lowest BCUT2D eigenvalue weighted by Crippen LogP contribution is -2.47. The zero-order chi connectivity index (χ0) is 12.7. The van der Waals surface area contributed by atoms with Gasteiger partial charge in [0.25, 0.3) is 0 Å². The predicted octanol–water partition coefficient (Wildman–Crippen LogP) is 0.550. The smallest absolute Gasteiger partial charge is 0.320 e. The summed E-state index contributed by atoms with van der Waals surface area (Å²) in [6.45, 7) is 8.04. The first-order valence-electron chi connectivity index (χ1n) is 6.47. The van der Waals surface area contributed by atoms with Crippen LogP contribution in [0.4, 0.5) is 0 Å². The van der Waals surface area contributed by atoms with E-state index in [9.17, 15) is 4.79 Å². The number of carboxylic acid groups (broad SMARTS) is 1. The number of carbonyl (C=O) groups is 1. The van der Waals surface area contributed by atoms with Gasteiger partial charge in [-0.3, -0.25) is 9.69 Å². The van der Waals surface area contributed by atoms with E-state index >= 15 is 0 Å². The molecule has 5 nitrogen and oxygen atoms in total. The van der Waals surface area contributed by atoms with Gasteiger partial charge in [-0.2, -0.15) is 0 Å². The average molecular weight is 244 g/mol. The van der Waals surface area contributed by atoms with E-state index in [1.54, 1.807) is 0 Å². The van der Waals surface area contributed by atoms with Gasteiger partial charge < -0.3 is 15.2 Å². The molecular formula is C12H24N2O3. The molecule has 0 saturated carbocycles. The monoisotopic (exact) mass is 244 g/mol. The minimum Gasteiger partial charge on any atom is -0.480 e. The normalized spacial score (nSPS) is 23.5. The molecule has 1 fully saturated rings. The Bertz CT molecular complexity index is 236. The highest BCUT2D eigenvalue weighted by molar-refractivity contribution is 5.73. The molecule has 0 spiro atoms. The number of rotatable bonds is 7. The van der Waals surface area contributed by atoms with E-state index in [0.717, 1.165) is 32.7 Å². The molecule has 100 valence electrons. The largest absolute Gasteiger partial charge is 0.480 e. The van der Waals surface area contributed by atoms with E-state index in [1.807, 2.05) is 6.92 Å². The van der Waals surface area contributed by atoms with Gasteiger partial charge in [0, 0.05) is 19.1 Å². The lowest BCUT2D eigenvalue weighted by molar-refractivity contribution is -0.139. The molecule has 1 rings (SSSR count). The van der Waals surface area contributed by atoms with Crippen LogP contribution in [0.25, 0.3) is 0 Å². The molecule has 0 radical (unpaired) electrons. The van der Waals surface area contributed by atoms with Crippen molar-refractivity contribution in [3.8, 4) is 0 Å². The lowest BCUT2D eigenvalue weighted by Gasteiger charge is -2.35. The van der Waals surface area contributed by atoms with Crippen LogP contribution in [0.15, 0.2) is 0 Å². The van der Waals surface area contributed by atoms with E-state index in [4.69, 9.17) is 9.84 Å². The fourth-order valence-electron chi connectivity index (χ4n) is 2.21. The topological polar surface area (TPSA) is 61.8 Å². The lowest BCUT2D eigenvalue weighted by atomic mass is 10.1. The number of morpholine rings is 1. The summed E-state index contributed by atoms with van der Waals surface area (Å²) in [4.78, 5) is 13.4. The Morgan fingerprint density at radius 1 is 1.59 bits per heavy atom. The Balaban J connectivity index is 2.38. The van der Waals surface area contributed by atoms with Gasteiger partial charge in [-0.05, 0) is 19.4 Å². The molecule has 0 aromatic carbocycles. The Hall–Kier alpha value is -0.650. The summed E-state index contributed by atoms with van der Waals surface area (Å²) in [5.41, 5.74) is 0. The van der Waals surface area contributed by atoms with Crippen LogP contribution >= 0.6 is 0 Å². The first-order chi connectivity index (χ1) is 8.19. The summed E-state index contributed by atoms with van der Waals surface area (Å²) in [7, 11) is 0. The second-order valence-corrected chi connectivity index (χ2v) is 4.41. The first kappa shape index (κ1) is 14.4. The van der Waals surface area contributed by atoms with Crippen LogP contribution in [0, 0.1) is 0 Å². The van der Waals surface area contributed by atoms with E-state index in [2.05, 4.69) is 17.1 Å². The molecule has 1 aliphatic heterocycles. The number of nitrogens with one attached hydrogen (secondary N) is 1. The molecule has 5 heteroatoms. The maximum absolute atomic E-state index is 11.0. The van der Waals surface area contributed by atoms with E-state index in [-0.39, 0.29) is 0 Å². The van der Waals surface area contributed by atoms with E-state index < -0.39 is 12.0 Å². The number of hydrogen-bond donors (Lipinski definition) is 2. The van der Waals surface area contributed by atoms with Gasteiger partial charge in [0.2, 0.25) is 0 Å². The Morgan fingerprint density at radius 3 is 2.94 bits per heavy atom. The summed E-state index contributed by atoms with van der Waals surface area (Å²) in [6, 6.07) is 0.0140. The average Bonchev–Trinajstić information content (AvgIpc) is 2.34. The maximum atomic E-state index is 11.0. The fourth-order valence-corrected chi connectivity index (χ4v) is 2.21. The van der Waals surface area contributed by atoms with Crippen molar-refractivity contribution in [3.63, 3.8) is 0 Å². The van der Waals surface area contributed by atoms with Crippen LogP contribution < -0.4 is 5.32 Å². The van der Waals surface area contributed by atoms with Gasteiger partial charge >= 0.3 is 5.97 Å². The number of hydrogen-bond acceptors (Lipinski definition) is 4. The van der Waals surface area contributed by atoms with Gasteiger partial charge in [-0.25, -0.2) is 0 Å². The molecule has 2 N–H and O–H groups in total. The maximum Gasteiger partial charge on any atom is 0.320 e. The zero-order valence-electron chi connectivity index (χ0n) is 10.8. The van der Waals surface area contributed by atoms with Crippen molar-refractivity contribution < 1.29 is 14.6 Å². The van der Waals surface area contributed by atoms with Gasteiger partial charge in [0.15, 0.2) is 0 Å². The molecule has 0 aliphatic carbocycles. The number of carboxylic acids is 1. The fraction of sp³-hybridized carbons (Fsp3) is 0.917. The molecule has 0 aromatic heterocycles. The minimum absolute atomic E-state index is 0.430. The van der Waals surface area contributed by atoms with Crippen molar-refractivity contribution >= 4 is 5.97 Å². The second kappa shape index (κ2) is 7.63. The van der Waals surface area contributed by atoms with Crippen LogP contribution in [0.5, 0.6) is 0 Å². The van der Waals surface area contributed by atoms with Gasteiger partial charge in [-0.1, -0.05) is 13.8 Å². The number of likely N-dealkylation sites (N-methyl/N-ethyl adjacent to an activating group) is 1. The van der Waals surface area contributed by atoms with Gasteiger partial charge in [-0.15, -0.1) is 0 Å². The molecule has 2 unspecified atom stereocenters. The summed E-state index contributed by atoms with van der Waals surface area (Å²) in [5.74, 6) is -0.756. The highest BCUT2D eigenvalue weighted by Gasteiger charge is 2.23. The third kappa shape index (κ3) is 4.61. The molecule has 0 bridgehead atoms. The van der Waals surface area contributed by atoms with Crippen molar-refractivity contribution in [3.05, 3.63) is 0 Å². The Labute approximate surface area is 103 Å². The quantitative estimate of drug-likeness (QED) is 0.685. The third-order valence-corrected chi connectivity index (χ3v) is 3.27. The summed E-state index contributed by atoms with van der Waals surface area (Å²) in [6.07, 6.45) is 1.71. The molecular weight excluding hydrogens is 220 g/mol. The molecule has 1 aliphatic rings. The summed E-state index contributed by atoms with van der Waals surface area (Å²) < 4.78 is 5.43. The van der Waals surface area contributed by atoms with Crippen molar-refractivity contribution in [2.45, 2.75) is 38.8 Å². The summed E-state index contributed by atoms with van der Waals surface area (Å²) in [5, 5.41) is 12.0. The molecule has 0 aromatic rings. The van der Waals surface area contributed by atoms with Crippen molar-refractivity contribution in [2.75, 3.05) is 32.8 Å². The zero-order valence-corrected chi connectivity index (χ0v) is 10.8. The van der Waals surface area contributed by atoms with Crippen molar-refractivity contribution in [1.82, 2.24) is 10.2 Å². The second-order valence-electron chi connectivity index (χ2n) is 4.41. The Kier molecular flexibility index (Phi) is 6.47.